The second-order valence-electron chi connectivity index (χ2n) is 7.33. The Kier molecular flexibility index (Phi) is 3.35. The van der Waals surface area contributed by atoms with Crippen molar-refractivity contribution in [2.75, 3.05) is 26.7 Å². The number of carbonyl (C=O) groups is 2. The van der Waals surface area contributed by atoms with Crippen LogP contribution in [-0.4, -0.2) is 59.0 Å². The van der Waals surface area contributed by atoms with E-state index in [4.69, 9.17) is 0 Å². The molecular formula is C16H24N2O3. The first-order valence-corrected chi connectivity index (χ1v) is 7.72. The number of likely N-dealkylation sites (N-methyl/N-ethyl adjacent to an activating group) is 1. The molecule has 2 bridgehead atoms. The molecule has 0 aromatic rings. The third-order valence-electron chi connectivity index (χ3n) is 5.66. The van der Waals surface area contributed by atoms with E-state index < -0.39 is 11.9 Å². The maximum Gasteiger partial charge on any atom is 0.307 e. The molecule has 116 valence electrons. The van der Waals surface area contributed by atoms with Crippen LogP contribution in [0.2, 0.25) is 0 Å². The van der Waals surface area contributed by atoms with Gasteiger partial charge in [0, 0.05) is 25.2 Å². The van der Waals surface area contributed by atoms with Crippen molar-refractivity contribution in [2.45, 2.75) is 25.8 Å². The van der Waals surface area contributed by atoms with Gasteiger partial charge < -0.3 is 10.0 Å². The van der Waals surface area contributed by atoms with E-state index in [0.29, 0.717) is 13.1 Å². The van der Waals surface area contributed by atoms with Gasteiger partial charge in [-0.25, -0.2) is 0 Å². The summed E-state index contributed by atoms with van der Waals surface area (Å²) >= 11 is 0. The molecule has 21 heavy (non-hydrogen) atoms. The summed E-state index contributed by atoms with van der Waals surface area (Å²) in [6.45, 7) is 6.46. The number of hydrogen-bond acceptors (Lipinski definition) is 3. The lowest BCUT2D eigenvalue weighted by molar-refractivity contribution is -0.152. The van der Waals surface area contributed by atoms with Gasteiger partial charge in [-0.05, 0) is 39.2 Å². The zero-order valence-corrected chi connectivity index (χ0v) is 13.0. The van der Waals surface area contributed by atoms with Crippen molar-refractivity contribution in [3.63, 3.8) is 0 Å². The van der Waals surface area contributed by atoms with Crippen molar-refractivity contribution >= 4 is 11.9 Å². The Morgan fingerprint density at radius 2 is 1.76 bits per heavy atom. The first kappa shape index (κ1) is 14.6. The topological polar surface area (TPSA) is 60.9 Å². The van der Waals surface area contributed by atoms with Crippen molar-refractivity contribution in [2.24, 2.45) is 23.7 Å². The molecule has 0 radical (unpaired) electrons. The standard InChI is InChI=1S/C16H24N2O3/c1-16(2)9-18(7-6-17(16)3)14(19)12-10-4-5-11(8-10)13(12)15(20)21/h4-5,10-13H,6-9H2,1-3H3,(H,20,21). The molecule has 5 heteroatoms. The molecule has 1 aliphatic heterocycles. The third-order valence-corrected chi connectivity index (χ3v) is 5.66. The zero-order chi connectivity index (χ0) is 15.4. The lowest BCUT2D eigenvalue weighted by Crippen LogP contribution is -2.60. The largest absolute Gasteiger partial charge is 0.481 e. The van der Waals surface area contributed by atoms with Gasteiger partial charge in [-0.2, -0.15) is 0 Å². The van der Waals surface area contributed by atoms with Crippen LogP contribution in [0.15, 0.2) is 12.2 Å². The Hall–Kier alpha value is -1.36. The Bertz CT molecular complexity index is 500. The maximum atomic E-state index is 12.9. The van der Waals surface area contributed by atoms with Gasteiger partial charge >= 0.3 is 5.97 Å². The van der Waals surface area contributed by atoms with Crippen molar-refractivity contribution in [3.8, 4) is 0 Å². The maximum absolute atomic E-state index is 12.9. The van der Waals surface area contributed by atoms with Crippen LogP contribution in [0.3, 0.4) is 0 Å². The van der Waals surface area contributed by atoms with Crippen LogP contribution < -0.4 is 0 Å². The normalized spacial score (nSPS) is 38.0. The van der Waals surface area contributed by atoms with E-state index in [1.165, 1.54) is 0 Å². The molecule has 2 fully saturated rings. The zero-order valence-electron chi connectivity index (χ0n) is 13.0. The number of piperazine rings is 1. The lowest BCUT2D eigenvalue weighted by Gasteiger charge is -2.46. The molecule has 3 aliphatic rings. The summed E-state index contributed by atoms with van der Waals surface area (Å²) in [5.74, 6) is -1.51. The second-order valence-corrected chi connectivity index (χ2v) is 7.33. The third kappa shape index (κ3) is 2.27. The minimum atomic E-state index is -0.821. The molecule has 1 saturated heterocycles. The van der Waals surface area contributed by atoms with Crippen LogP contribution in [0.5, 0.6) is 0 Å². The van der Waals surface area contributed by atoms with Crippen LogP contribution in [0.25, 0.3) is 0 Å². The van der Waals surface area contributed by atoms with Crippen LogP contribution in [0.1, 0.15) is 20.3 Å². The van der Waals surface area contributed by atoms with E-state index in [9.17, 15) is 14.7 Å². The Labute approximate surface area is 125 Å². The van der Waals surface area contributed by atoms with E-state index in [-0.39, 0.29) is 29.2 Å². The van der Waals surface area contributed by atoms with Gasteiger partial charge in [0.05, 0.1) is 11.8 Å². The minimum absolute atomic E-state index is 0.0421. The Morgan fingerprint density at radius 1 is 1.14 bits per heavy atom. The van der Waals surface area contributed by atoms with Gasteiger partial charge in [0.2, 0.25) is 5.91 Å². The van der Waals surface area contributed by atoms with Gasteiger partial charge in [0.1, 0.15) is 0 Å². The van der Waals surface area contributed by atoms with Crippen molar-refractivity contribution < 1.29 is 14.7 Å². The van der Waals surface area contributed by atoms with E-state index >= 15 is 0 Å². The number of allylic oxidation sites excluding steroid dienone is 2. The molecule has 4 atom stereocenters. The first-order valence-electron chi connectivity index (χ1n) is 7.72. The van der Waals surface area contributed by atoms with Gasteiger partial charge in [0.15, 0.2) is 0 Å². The molecule has 5 nitrogen and oxygen atoms in total. The fourth-order valence-corrected chi connectivity index (χ4v) is 4.13. The molecule has 1 amide bonds. The number of aliphatic carboxylic acids is 1. The molecule has 0 aromatic heterocycles. The number of carboxylic acid groups (broad SMARTS) is 1. The first-order chi connectivity index (χ1) is 9.81. The number of amides is 1. The molecule has 0 spiro atoms. The monoisotopic (exact) mass is 292 g/mol. The number of nitrogens with zero attached hydrogens (tertiary/aromatic N) is 2. The van der Waals surface area contributed by atoms with E-state index in [0.717, 1.165) is 13.0 Å². The lowest BCUT2D eigenvalue weighted by atomic mass is 9.81. The van der Waals surface area contributed by atoms with Crippen LogP contribution >= 0.6 is 0 Å². The number of carbonyl (C=O) groups excluding carboxylic acids is 1. The predicted octanol–water partition coefficient (Wildman–Crippen LogP) is 1.06. The number of fused-ring (bicyclic) bond motifs is 2. The summed E-state index contributed by atoms with van der Waals surface area (Å²) in [6, 6.07) is 0. The highest BCUT2D eigenvalue weighted by Crippen LogP contribution is 2.49. The molecular weight excluding hydrogens is 268 g/mol. The van der Waals surface area contributed by atoms with Gasteiger partial charge in [-0.15, -0.1) is 0 Å². The van der Waals surface area contributed by atoms with Gasteiger partial charge in [-0.3, -0.25) is 14.5 Å². The predicted molar refractivity (Wildman–Crippen MR) is 78.6 cm³/mol. The Morgan fingerprint density at radius 3 is 2.33 bits per heavy atom. The summed E-state index contributed by atoms with van der Waals surface area (Å²) in [7, 11) is 2.07. The highest BCUT2D eigenvalue weighted by atomic mass is 16.4. The van der Waals surface area contributed by atoms with Crippen molar-refractivity contribution in [1.82, 2.24) is 9.80 Å². The fourth-order valence-electron chi connectivity index (χ4n) is 4.13. The average molecular weight is 292 g/mol. The van der Waals surface area contributed by atoms with Crippen molar-refractivity contribution in [3.05, 3.63) is 12.2 Å². The molecule has 2 aliphatic carbocycles. The van der Waals surface area contributed by atoms with E-state index in [1.54, 1.807) is 0 Å². The van der Waals surface area contributed by atoms with Crippen LogP contribution in [0.4, 0.5) is 0 Å². The molecule has 4 unspecified atom stereocenters. The smallest absolute Gasteiger partial charge is 0.307 e. The fraction of sp³-hybridized carbons (Fsp3) is 0.750. The summed E-state index contributed by atoms with van der Waals surface area (Å²) in [5.41, 5.74) is -0.0555. The molecule has 1 saturated carbocycles. The summed E-state index contributed by atoms with van der Waals surface area (Å²) in [4.78, 5) is 28.6. The quantitative estimate of drug-likeness (QED) is 0.773. The Balaban J connectivity index is 1.79. The molecule has 1 heterocycles. The number of carboxylic acids is 1. The van der Waals surface area contributed by atoms with Crippen LogP contribution in [-0.2, 0) is 9.59 Å². The van der Waals surface area contributed by atoms with Crippen molar-refractivity contribution in [1.29, 1.82) is 0 Å². The minimum Gasteiger partial charge on any atom is -0.481 e. The molecule has 3 rings (SSSR count). The van der Waals surface area contributed by atoms with Crippen LogP contribution in [0, 0.1) is 23.7 Å². The van der Waals surface area contributed by atoms with E-state index in [1.807, 2.05) is 17.1 Å². The molecule has 0 aromatic carbocycles. The SMILES string of the molecule is CN1CCN(C(=O)C2C3C=CC(C3)C2C(=O)O)CC1(C)C. The number of rotatable bonds is 2. The number of hydrogen-bond donors (Lipinski definition) is 1. The van der Waals surface area contributed by atoms with E-state index in [2.05, 4.69) is 25.8 Å². The summed E-state index contributed by atoms with van der Waals surface area (Å²) < 4.78 is 0. The highest BCUT2D eigenvalue weighted by Gasteiger charge is 2.53. The highest BCUT2D eigenvalue weighted by molar-refractivity contribution is 5.87. The summed E-state index contributed by atoms with van der Waals surface area (Å²) in [5, 5.41) is 9.48. The second kappa shape index (κ2) is 4.83. The summed E-state index contributed by atoms with van der Waals surface area (Å²) in [6.07, 6.45) is 4.86. The van der Waals surface area contributed by atoms with Gasteiger partial charge in [0.25, 0.3) is 0 Å². The average Bonchev–Trinajstić information content (AvgIpc) is 3.01. The van der Waals surface area contributed by atoms with Gasteiger partial charge in [-0.1, -0.05) is 12.2 Å². The molecule has 1 N–H and O–H groups in total.